The first kappa shape index (κ1) is 15.0. The third-order valence-corrected chi connectivity index (χ3v) is 4.72. The normalized spacial score (nSPS) is 25.0. The van der Waals surface area contributed by atoms with Crippen LogP contribution in [-0.4, -0.2) is 18.2 Å². The molecule has 1 N–H and O–H groups in total. The first-order valence-corrected chi connectivity index (χ1v) is 8.49. The van der Waals surface area contributed by atoms with Crippen LogP contribution < -0.4 is 14.8 Å². The van der Waals surface area contributed by atoms with Crippen molar-refractivity contribution in [3.63, 3.8) is 0 Å². The molecule has 2 aliphatic rings. The van der Waals surface area contributed by atoms with Crippen molar-refractivity contribution in [2.75, 3.05) is 0 Å². The lowest BCUT2D eigenvalue weighted by Gasteiger charge is -2.29. The molecule has 2 aliphatic heterocycles. The Hall–Kier alpha value is -2.51. The van der Waals surface area contributed by atoms with E-state index < -0.39 is 0 Å². The predicted octanol–water partition coefficient (Wildman–Crippen LogP) is 4.01. The van der Waals surface area contributed by atoms with Gasteiger partial charge >= 0.3 is 0 Å². The van der Waals surface area contributed by atoms with Gasteiger partial charge in [0.2, 0.25) is 0 Å². The van der Waals surface area contributed by atoms with Crippen LogP contribution in [0.15, 0.2) is 48.5 Å². The molecule has 0 radical (unpaired) electrons. The molecule has 2 bridgehead atoms. The Labute approximate surface area is 142 Å². The molecule has 4 nitrogen and oxygen atoms in total. The summed E-state index contributed by atoms with van der Waals surface area (Å²) in [6.07, 6.45) is 4.75. The zero-order chi connectivity index (χ0) is 16.4. The number of nitrogens with one attached hydrogen (secondary N) is 1. The molecule has 2 fully saturated rings. The minimum Gasteiger partial charge on any atom is -0.490 e. The van der Waals surface area contributed by atoms with Crippen LogP contribution in [0.3, 0.4) is 0 Å². The van der Waals surface area contributed by atoms with Crippen LogP contribution >= 0.6 is 0 Å². The van der Waals surface area contributed by atoms with Crippen LogP contribution in [0.5, 0.6) is 17.2 Å². The monoisotopic (exact) mass is 320 g/mol. The maximum atomic E-state index is 9.28. The van der Waals surface area contributed by atoms with Crippen molar-refractivity contribution in [1.29, 1.82) is 5.26 Å². The average molecular weight is 320 g/mol. The molecule has 2 aromatic carbocycles. The topological polar surface area (TPSA) is 54.3 Å². The van der Waals surface area contributed by atoms with Crippen molar-refractivity contribution in [3.8, 4) is 23.3 Å². The van der Waals surface area contributed by atoms with Gasteiger partial charge in [-0.05, 0) is 49.9 Å². The zero-order valence-corrected chi connectivity index (χ0v) is 13.4. The van der Waals surface area contributed by atoms with Crippen molar-refractivity contribution >= 4 is 0 Å². The van der Waals surface area contributed by atoms with Gasteiger partial charge in [-0.1, -0.05) is 18.2 Å². The fraction of sp³-hybridized carbons (Fsp3) is 0.350. The van der Waals surface area contributed by atoms with E-state index >= 15 is 0 Å². The molecule has 24 heavy (non-hydrogen) atoms. The second-order valence-corrected chi connectivity index (χ2v) is 6.57. The molecule has 4 heteroatoms. The number of ether oxygens (including phenoxy) is 2. The van der Waals surface area contributed by atoms with Gasteiger partial charge in [-0.3, -0.25) is 0 Å². The summed E-state index contributed by atoms with van der Waals surface area (Å²) in [7, 11) is 0. The highest BCUT2D eigenvalue weighted by molar-refractivity contribution is 5.45. The summed E-state index contributed by atoms with van der Waals surface area (Å²) >= 11 is 0. The van der Waals surface area contributed by atoms with Crippen LogP contribution in [0, 0.1) is 11.3 Å². The maximum absolute atomic E-state index is 9.28. The molecular formula is C20H20N2O2. The van der Waals surface area contributed by atoms with E-state index in [1.54, 1.807) is 12.1 Å². The van der Waals surface area contributed by atoms with Gasteiger partial charge in [-0.2, -0.15) is 5.26 Å². The SMILES string of the molecule is N#Cc1cc(Oc2ccccc2)cc(OC2C[C@H]3CC[C@H](C2)N3)c1. The molecule has 0 aliphatic carbocycles. The number of nitrogens with zero attached hydrogens (tertiary/aromatic N) is 1. The molecule has 4 rings (SSSR count). The molecule has 2 atom stereocenters. The Morgan fingerprint density at radius 1 is 0.917 bits per heavy atom. The van der Waals surface area contributed by atoms with E-state index in [9.17, 15) is 5.26 Å². The molecular weight excluding hydrogens is 300 g/mol. The lowest BCUT2D eigenvalue weighted by atomic mass is 10.0. The summed E-state index contributed by atoms with van der Waals surface area (Å²) < 4.78 is 12.0. The molecule has 122 valence electrons. The summed E-state index contributed by atoms with van der Waals surface area (Å²) in [5, 5.41) is 12.9. The van der Waals surface area contributed by atoms with E-state index in [0.29, 0.717) is 29.1 Å². The van der Waals surface area contributed by atoms with Crippen LogP contribution in [0.2, 0.25) is 0 Å². The second-order valence-electron chi connectivity index (χ2n) is 6.57. The van der Waals surface area contributed by atoms with Gasteiger partial charge < -0.3 is 14.8 Å². The molecule has 0 unspecified atom stereocenters. The number of fused-ring (bicyclic) bond motifs is 2. The summed E-state index contributed by atoms with van der Waals surface area (Å²) in [6, 6.07) is 18.3. The summed E-state index contributed by atoms with van der Waals surface area (Å²) in [5.74, 6) is 2.09. The zero-order valence-electron chi connectivity index (χ0n) is 13.4. The quantitative estimate of drug-likeness (QED) is 0.924. The van der Waals surface area contributed by atoms with Crippen LogP contribution in [0.1, 0.15) is 31.2 Å². The molecule has 0 saturated carbocycles. The highest BCUT2D eigenvalue weighted by Gasteiger charge is 2.34. The van der Waals surface area contributed by atoms with Gasteiger partial charge in [0.1, 0.15) is 23.4 Å². The summed E-state index contributed by atoms with van der Waals surface area (Å²) in [5.41, 5.74) is 0.551. The van der Waals surface area contributed by atoms with Gasteiger partial charge in [0.05, 0.1) is 11.6 Å². The third kappa shape index (κ3) is 3.37. The largest absolute Gasteiger partial charge is 0.490 e. The van der Waals surface area contributed by atoms with Gasteiger partial charge in [0.15, 0.2) is 0 Å². The van der Waals surface area contributed by atoms with E-state index in [1.807, 2.05) is 36.4 Å². The second kappa shape index (κ2) is 6.54. The van der Waals surface area contributed by atoms with Gasteiger partial charge in [0.25, 0.3) is 0 Å². The van der Waals surface area contributed by atoms with Crippen molar-refractivity contribution in [1.82, 2.24) is 5.32 Å². The van der Waals surface area contributed by atoms with Crippen molar-refractivity contribution in [3.05, 3.63) is 54.1 Å². The standard InChI is InChI=1S/C20H20N2O2/c21-13-14-8-18(23-17-4-2-1-3-5-17)12-19(9-14)24-20-10-15-6-7-16(11-20)22-15/h1-5,8-9,12,15-16,20,22H,6-7,10-11H2/t15-,16-/m1/s1. The van der Waals surface area contributed by atoms with Crippen molar-refractivity contribution in [2.45, 2.75) is 43.9 Å². The molecule has 2 heterocycles. The minimum atomic E-state index is 0.210. The number of rotatable bonds is 4. The number of nitriles is 1. The number of benzene rings is 2. The summed E-state index contributed by atoms with van der Waals surface area (Å²) in [4.78, 5) is 0. The molecule has 0 aromatic heterocycles. The van der Waals surface area contributed by atoms with Gasteiger partial charge in [-0.25, -0.2) is 0 Å². The van der Waals surface area contributed by atoms with E-state index in [2.05, 4.69) is 11.4 Å². The molecule has 2 saturated heterocycles. The smallest absolute Gasteiger partial charge is 0.132 e. The molecule has 0 spiro atoms. The Morgan fingerprint density at radius 3 is 2.33 bits per heavy atom. The lowest BCUT2D eigenvalue weighted by molar-refractivity contribution is 0.137. The Morgan fingerprint density at radius 2 is 1.62 bits per heavy atom. The van der Waals surface area contributed by atoms with E-state index in [1.165, 1.54) is 12.8 Å². The van der Waals surface area contributed by atoms with Crippen LogP contribution in [0.4, 0.5) is 0 Å². The number of hydrogen-bond donors (Lipinski definition) is 1. The maximum Gasteiger partial charge on any atom is 0.132 e. The predicted molar refractivity (Wildman–Crippen MR) is 91.3 cm³/mol. The first-order valence-electron chi connectivity index (χ1n) is 8.49. The Kier molecular flexibility index (Phi) is 4.10. The average Bonchev–Trinajstić information content (AvgIpc) is 2.94. The third-order valence-electron chi connectivity index (χ3n) is 4.72. The van der Waals surface area contributed by atoms with E-state index in [-0.39, 0.29) is 6.10 Å². The van der Waals surface area contributed by atoms with Crippen molar-refractivity contribution < 1.29 is 9.47 Å². The first-order chi connectivity index (χ1) is 11.8. The van der Waals surface area contributed by atoms with E-state index in [0.717, 1.165) is 18.6 Å². The van der Waals surface area contributed by atoms with Gasteiger partial charge in [0, 0.05) is 18.2 Å². The molecule has 0 amide bonds. The lowest BCUT2D eigenvalue weighted by Crippen LogP contribution is -2.42. The number of piperidine rings is 1. The Balaban J connectivity index is 1.52. The Bertz CT molecular complexity index is 742. The van der Waals surface area contributed by atoms with Crippen LogP contribution in [-0.2, 0) is 0 Å². The van der Waals surface area contributed by atoms with Crippen molar-refractivity contribution in [2.24, 2.45) is 0 Å². The molecule has 2 aromatic rings. The highest BCUT2D eigenvalue weighted by Crippen LogP contribution is 2.32. The fourth-order valence-corrected chi connectivity index (χ4v) is 3.68. The summed E-state index contributed by atoms with van der Waals surface area (Å²) in [6.45, 7) is 0. The number of para-hydroxylation sites is 1. The van der Waals surface area contributed by atoms with Gasteiger partial charge in [-0.15, -0.1) is 0 Å². The fourth-order valence-electron chi connectivity index (χ4n) is 3.68. The van der Waals surface area contributed by atoms with Crippen LogP contribution in [0.25, 0.3) is 0 Å². The minimum absolute atomic E-state index is 0.210. The van der Waals surface area contributed by atoms with E-state index in [4.69, 9.17) is 9.47 Å². The number of hydrogen-bond acceptors (Lipinski definition) is 4. The highest BCUT2D eigenvalue weighted by atomic mass is 16.5.